The van der Waals surface area contributed by atoms with Gasteiger partial charge >= 0.3 is 0 Å². The van der Waals surface area contributed by atoms with E-state index in [2.05, 4.69) is 9.97 Å². The van der Waals surface area contributed by atoms with Gasteiger partial charge in [-0.15, -0.1) is 0 Å². The number of hydrogen-bond acceptors (Lipinski definition) is 4. The number of pyridine rings is 2. The van der Waals surface area contributed by atoms with Gasteiger partial charge in [-0.3, -0.25) is 9.97 Å². The topological polar surface area (TPSA) is 55.2 Å². The van der Waals surface area contributed by atoms with E-state index in [1.165, 1.54) is 0 Å². The summed E-state index contributed by atoms with van der Waals surface area (Å²) in [5.41, 5.74) is 3.84. The first kappa shape index (κ1) is 18.1. The first-order valence-corrected chi connectivity index (χ1v) is 8.52. The largest absolute Gasteiger partial charge is 0.508 e. The molecule has 0 atom stereocenters. The van der Waals surface area contributed by atoms with E-state index in [1.54, 1.807) is 37.7 Å². The van der Waals surface area contributed by atoms with Crippen molar-refractivity contribution in [3.8, 4) is 34.0 Å². The zero-order valence-electron chi connectivity index (χ0n) is 15.0. The molecule has 0 radical (unpaired) electrons. The molecule has 0 spiro atoms. The average Bonchev–Trinajstić information content (AvgIpc) is 2.75. The van der Waals surface area contributed by atoms with Crippen molar-refractivity contribution in [3.05, 3.63) is 97.3 Å². The minimum atomic E-state index is 0.267. The normalized spacial score (nSPS) is 9.81. The summed E-state index contributed by atoms with van der Waals surface area (Å²) in [5.74, 6) is 1.12. The van der Waals surface area contributed by atoms with Crippen LogP contribution in [0.3, 0.4) is 0 Å². The maximum atomic E-state index is 9.25. The number of phenolic OH excluding ortho intramolecular Hbond substituents is 1. The van der Waals surface area contributed by atoms with Crippen LogP contribution >= 0.6 is 0 Å². The van der Waals surface area contributed by atoms with Crippen LogP contribution in [0.25, 0.3) is 22.5 Å². The molecule has 0 bridgehead atoms. The zero-order valence-corrected chi connectivity index (χ0v) is 15.0. The lowest BCUT2D eigenvalue weighted by molar-refractivity contribution is 0.415. The number of phenols is 1. The van der Waals surface area contributed by atoms with Gasteiger partial charge < -0.3 is 9.84 Å². The fraction of sp³-hybridized carbons (Fsp3) is 0.0435. The molecule has 4 aromatic rings. The van der Waals surface area contributed by atoms with Crippen molar-refractivity contribution in [2.45, 2.75) is 0 Å². The van der Waals surface area contributed by atoms with Gasteiger partial charge in [0.25, 0.3) is 0 Å². The van der Waals surface area contributed by atoms with E-state index >= 15 is 0 Å². The van der Waals surface area contributed by atoms with E-state index in [-0.39, 0.29) is 5.75 Å². The second-order valence-corrected chi connectivity index (χ2v) is 5.71. The molecule has 0 unspecified atom stereocenters. The molecule has 2 aromatic heterocycles. The monoisotopic (exact) mass is 356 g/mol. The molecule has 0 aliphatic heterocycles. The third-order valence-corrected chi connectivity index (χ3v) is 3.84. The smallest absolute Gasteiger partial charge is 0.119 e. The molecule has 27 heavy (non-hydrogen) atoms. The predicted molar refractivity (Wildman–Crippen MR) is 108 cm³/mol. The van der Waals surface area contributed by atoms with Crippen molar-refractivity contribution < 1.29 is 9.84 Å². The van der Waals surface area contributed by atoms with Gasteiger partial charge in [0.05, 0.1) is 18.5 Å². The number of benzene rings is 2. The fourth-order valence-electron chi connectivity index (χ4n) is 2.51. The van der Waals surface area contributed by atoms with E-state index in [1.807, 2.05) is 66.7 Å². The molecule has 1 N–H and O–H groups in total. The van der Waals surface area contributed by atoms with Crippen molar-refractivity contribution in [3.63, 3.8) is 0 Å². The van der Waals surface area contributed by atoms with Crippen molar-refractivity contribution in [1.29, 1.82) is 0 Å². The molecule has 2 heterocycles. The highest BCUT2D eigenvalue weighted by Gasteiger charge is 1.99. The molecule has 2 aromatic carbocycles. The summed E-state index contributed by atoms with van der Waals surface area (Å²) in [6.45, 7) is 0. The first-order chi connectivity index (χ1) is 13.3. The summed E-state index contributed by atoms with van der Waals surface area (Å²) in [5, 5.41) is 9.25. The van der Waals surface area contributed by atoms with Crippen LogP contribution < -0.4 is 4.74 Å². The molecule has 0 amide bonds. The van der Waals surface area contributed by atoms with Crippen molar-refractivity contribution in [2.75, 3.05) is 7.11 Å². The van der Waals surface area contributed by atoms with Crippen LogP contribution in [0.2, 0.25) is 0 Å². The van der Waals surface area contributed by atoms with Gasteiger partial charge in [-0.2, -0.15) is 0 Å². The molecule has 4 nitrogen and oxygen atoms in total. The van der Waals surface area contributed by atoms with Crippen LogP contribution in [0, 0.1) is 0 Å². The Hall–Kier alpha value is -3.66. The van der Waals surface area contributed by atoms with Gasteiger partial charge in [0.2, 0.25) is 0 Å². The van der Waals surface area contributed by atoms with Gasteiger partial charge in [-0.25, -0.2) is 0 Å². The Balaban J connectivity index is 0.000000156. The SMILES string of the molecule is COc1cccc(-c2ccccn2)c1.Oc1cccc(-c2ccccn2)c1. The Morgan fingerprint density at radius 2 is 1.26 bits per heavy atom. The highest BCUT2D eigenvalue weighted by atomic mass is 16.5. The number of nitrogens with zero attached hydrogens (tertiary/aromatic N) is 2. The Morgan fingerprint density at radius 3 is 1.78 bits per heavy atom. The van der Waals surface area contributed by atoms with Crippen LogP contribution in [-0.4, -0.2) is 22.2 Å². The molecule has 0 aliphatic carbocycles. The Labute approximate surface area is 158 Å². The maximum absolute atomic E-state index is 9.25. The van der Waals surface area contributed by atoms with E-state index in [9.17, 15) is 5.11 Å². The van der Waals surface area contributed by atoms with Crippen molar-refractivity contribution in [1.82, 2.24) is 9.97 Å². The molecule has 0 aliphatic rings. The minimum Gasteiger partial charge on any atom is -0.508 e. The summed E-state index contributed by atoms with van der Waals surface area (Å²) in [6, 6.07) is 26.5. The Bertz CT molecular complexity index is 974. The summed E-state index contributed by atoms with van der Waals surface area (Å²) in [4.78, 5) is 8.45. The summed E-state index contributed by atoms with van der Waals surface area (Å²) >= 11 is 0. The zero-order chi connectivity index (χ0) is 18.9. The van der Waals surface area contributed by atoms with Crippen molar-refractivity contribution >= 4 is 0 Å². The lowest BCUT2D eigenvalue weighted by Crippen LogP contribution is -1.85. The number of methoxy groups -OCH3 is 1. The Morgan fingerprint density at radius 1 is 0.667 bits per heavy atom. The number of aromatic hydroxyl groups is 1. The molecule has 0 fully saturated rings. The van der Waals surface area contributed by atoms with Gasteiger partial charge in [-0.1, -0.05) is 36.4 Å². The van der Waals surface area contributed by atoms with Gasteiger partial charge in [-0.05, 0) is 48.5 Å². The van der Waals surface area contributed by atoms with Crippen LogP contribution in [0.4, 0.5) is 0 Å². The highest BCUT2D eigenvalue weighted by Crippen LogP contribution is 2.21. The molecule has 134 valence electrons. The minimum absolute atomic E-state index is 0.267. The second-order valence-electron chi connectivity index (χ2n) is 5.71. The van der Waals surface area contributed by atoms with Crippen LogP contribution in [-0.2, 0) is 0 Å². The lowest BCUT2D eigenvalue weighted by Gasteiger charge is -2.03. The summed E-state index contributed by atoms with van der Waals surface area (Å²) < 4.78 is 5.15. The van der Waals surface area contributed by atoms with E-state index < -0.39 is 0 Å². The average molecular weight is 356 g/mol. The third-order valence-electron chi connectivity index (χ3n) is 3.84. The van der Waals surface area contributed by atoms with Crippen LogP contribution in [0.15, 0.2) is 97.3 Å². The highest BCUT2D eigenvalue weighted by molar-refractivity contribution is 5.61. The number of hydrogen-bond donors (Lipinski definition) is 1. The maximum Gasteiger partial charge on any atom is 0.119 e. The van der Waals surface area contributed by atoms with Crippen LogP contribution in [0.1, 0.15) is 0 Å². The molecular weight excluding hydrogens is 336 g/mol. The number of ether oxygens (including phenoxy) is 1. The Kier molecular flexibility index (Phi) is 6.15. The molecule has 4 rings (SSSR count). The lowest BCUT2D eigenvalue weighted by atomic mass is 10.1. The molecule has 4 heteroatoms. The van der Waals surface area contributed by atoms with Crippen molar-refractivity contribution in [2.24, 2.45) is 0 Å². The van der Waals surface area contributed by atoms with E-state index in [0.29, 0.717) is 0 Å². The molecular formula is C23H20N2O2. The summed E-state index contributed by atoms with van der Waals surface area (Å²) in [7, 11) is 1.66. The molecule has 0 saturated heterocycles. The van der Waals surface area contributed by atoms with Crippen LogP contribution in [0.5, 0.6) is 11.5 Å². The summed E-state index contributed by atoms with van der Waals surface area (Å²) in [6.07, 6.45) is 3.52. The van der Waals surface area contributed by atoms with Gasteiger partial charge in [0, 0.05) is 23.5 Å². The van der Waals surface area contributed by atoms with E-state index in [4.69, 9.17) is 4.74 Å². The standard InChI is InChI=1S/C12H11NO.C11H9NO/c1-14-11-6-4-5-10(9-11)12-7-2-3-8-13-12;13-10-5-3-4-9(8-10)11-6-1-2-7-12-11/h2-9H,1H3;1-8,13H. The van der Waals surface area contributed by atoms with Gasteiger partial charge in [0.1, 0.15) is 11.5 Å². The van der Waals surface area contributed by atoms with Gasteiger partial charge in [0.15, 0.2) is 0 Å². The quantitative estimate of drug-likeness (QED) is 0.547. The second kappa shape index (κ2) is 9.15. The fourth-order valence-corrected chi connectivity index (χ4v) is 2.51. The molecule has 0 saturated carbocycles. The first-order valence-electron chi connectivity index (χ1n) is 8.52. The number of aromatic nitrogens is 2. The predicted octanol–water partition coefficient (Wildman–Crippen LogP) is 5.21. The third kappa shape index (κ3) is 5.16. The van der Waals surface area contributed by atoms with E-state index in [0.717, 1.165) is 28.3 Å². The number of rotatable bonds is 3.